The zero-order valence-electron chi connectivity index (χ0n) is 13.1. The summed E-state index contributed by atoms with van der Waals surface area (Å²) >= 11 is 0. The van der Waals surface area contributed by atoms with Crippen molar-refractivity contribution in [2.75, 3.05) is 10.6 Å². The number of nitrogens with zero attached hydrogens (tertiary/aromatic N) is 1. The number of anilines is 3. The molecule has 0 fully saturated rings. The van der Waals surface area contributed by atoms with Crippen LogP contribution in [-0.4, -0.2) is 10.9 Å². The summed E-state index contributed by atoms with van der Waals surface area (Å²) in [6.07, 6.45) is 1.60. The second-order valence-corrected chi connectivity index (χ2v) is 5.38. The zero-order chi connectivity index (χ0) is 16.9. The molecule has 1 heterocycles. The van der Waals surface area contributed by atoms with Gasteiger partial charge in [-0.05, 0) is 55.5 Å². The van der Waals surface area contributed by atoms with Gasteiger partial charge in [0.1, 0.15) is 11.5 Å². The molecule has 2 N–H and O–H groups in total. The Kier molecular flexibility index (Phi) is 4.52. The first-order valence-electron chi connectivity index (χ1n) is 7.47. The van der Waals surface area contributed by atoms with E-state index in [0.29, 0.717) is 5.69 Å². The topological polar surface area (TPSA) is 54.0 Å². The van der Waals surface area contributed by atoms with Crippen molar-refractivity contribution >= 4 is 23.0 Å². The molecule has 5 heteroatoms. The van der Waals surface area contributed by atoms with E-state index in [0.717, 1.165) is 11.4 Å². The highest BCUT2D eigenvalue weighted by atomic mass is 19.1. The van der Waals surface area contributed by atoms with E-state index < -0.39 is 0 Å². The van der Waals surface area contributed by atoms with Gasteiger partial charge in [-0.25, -0.2) is 9.37 Å². The molecule has 0 spiro atoms. The molecule has 1 aromatic heterocycles. The van der Waals surface area contributed by atoms with E-state index >= 15 is 0 Å². The summed E-state index contributed by atoms with van der Waals surface area (Å²) in [4.78, 5) is 16.3. The molecule has 2 aromatic carbocycles. The van der Waals surface area contributed by atoms with Crippen LogP contribution in [0.15, 0.2) is 66.9 Å². The fourth-order valence-corrected chi connectivity index (χ4v) is 2.13. The lowest BCUT2D eigenvalue weighted by Gasteiger charge is -2.08. The van der Waals surface area contributed by atoms with Gasteiger partial charge >= 0.3 is 0 Å². The first kappa shape index (κ1) is 15.7. The van der Waals surface area contributed by atoms with Crippen molar-refractivity contribution in [3.8, 4) is 0 Å². The van der Waals surface area contributed by atoms with Crippen LogP contribution in [0.1, 0.15) is 16.1 Å². The van der Waals surface area contributed by atoms with Gasteiger partial charge < -0.3 is 10.6 Å². The quantitative estimate of drug-likeness (QED) is 0.742. The van der Waals surface area contributed by atoms with E-state index in [4.69, 9.17) is 0 Å². The summed E-state index contributed by atoms with van der Waals surface area (Å²) in [6, 6.07) is 17.0. The minimum Gasteiger partial charge on any atom is -0.354 e. The molecule has 24 heavy (non-hydrogen) atoms. The molecule has 0 atom stereocenters. The van der Waals surface area contributed by atoms with Gasteiger partial charge in [-0.2, -0.15) is 0 Å². The maximum Gasteiger partial charge on any atom is 0.274 e. The van der Waals surface area contributed by atoms with Crippen LogP contribution in [0, 0.1) is 12.7 Å². The SMILES string of the molecule is Cc1ccc(Nc2ccc(C(=O)Nc3ccc(F)cc3)nc2)cc1. The lowest BCUT2D eigenvalue weighted by molar-refractivity contribution is 0.102. The molecule has 0 aliphatic heterocycles. The highest BCUT2D eigenvalue weighted by Gasteiger charge is 2.08. The summed E-state index contributed by atoms with van der Waals surface area (Å²) in [5.74, 6) is -0.693. The summed E-state index contributed by atoms with van der Waals surface area (Å²) < 4.78 is 12.9. The molecule has 120 valence electrons. The smallest absolute Gasteiger partial charge is 0.274 e. The van der Waals surface area contributed by atoms with Gasteiger partial charge in [0.05, 0.1) is 11.9 Å². The third kappa shape index (κ3) is 3.95. The maximum absolute atomic E-state index is 12.9. The molecule has 0 aliphatic rings. The number of aryl methyl sites for hydroxylation is 1. The van der Waals surface area contributed by atoms with Crippen molar-refractivity contribution in [2.24, 2.45) is 0 Å². The number of halogens is 1. The van der Waals surface area contributed by atoms with Crippen molar-refractivity contribution in [1.82, 2.24) is 4.98 Å². The van der Waals surface area contributed by atoms with Crippen LogP contribution < -0.4 is 10.6 Å². The van der Waals surface area contributed by atoms with Gasteiger partial charge in [0.25, 0.3) is 5.91 Å². The van der Waals surface area contributed by atoms with Crippen molar-refractivity contribution in [3.63, 3.8) is 0 Å². The van der Waals surface area contributed by atoms with Gasteiger partial charge in [-0.1, -0.05) is 17.7 Å². The van der Waals surface area contributed by atoms with Gasteiger partial charge in [0.2, 0.25) is 0 Å². The van der Waals surface area contributed by atoms with Crippen LogP contribution in [0.2, 0.25) is 0 Å². The Morgan fingerprint density at radius 3 is 2.12 bits per heavy atom. The average molecular weight is 321 g/mol. The second-order valence-electron chi connectivity index (χ2n) is 5.38. The number of carbonyl (C=O) groups excluding carboxylic acids is 1. The number of hydrogen-bond donors (Lipinski definition) is 2. The predicted octanol–water partition coefficient (Wildman–Crippen LogP) is 4.53. The number of amides is 1. The van der Waals surface area contributed by atoms with Crippen LogP contribution in [0.5, 0.6) is 0 Å². The molecule has 0 bridgehead atoms. The van der Waals surface area contributed by atoms with Crippen molar-refractivity contribution in [1.29, 1.82) is 0 Å². The number of nitrogens with one attached hydrogen (secondary N) is 2. The normalized spacial score (nSPS) is 10.2. The van der Waals surface area contributed by atoms with Crippen LogP contribution in [-0.2, 0) is 0 Å². The molecule has 0 saturated heterocycles. The van der Waals surface area contributed by atoms with E-state index in [1.165, 1.54) is 29.8 Å². The first-order chi connectivity index (χ1) is 11.6. The predicted molar refractivity (Wildman–Crippen MR) is 93.1 cm³/mol. The molecule has 0 saturated carbocycles. The van der Waals surface area contributed by atoms with Gasteiger partial charge in [-0.3, -0.25) is 4.79 Å². The van der Waals surface area contributed by atoms with Gasteiger partial charge in [-0.15, -0.1) is 0 Å². The van der Waals surface area contributed by atoms with Crippen LogP contribution in [0.25, 0.3) is 0 Å². The number of pyridine rings is 1. The third-order valence-electron chi connectivity index (χ3n) is 3.44. The summed E-state index contributed by atoms with van der Waals surface area (Å²) in [5, 5.41) is 5.89. The number of benzene rings is 2. The molecule has 3 rings (SSSR count). The van der Waals surface area contributed by atoms with E-state index in [-0.39, 0.29) is 17.4 Å². The molecule has 3 aromatic rings. The van der Waals surface area contributed by atoms with Crippen LogP contribution >= 0.6 is 0 Å². The van der Waals surface area contributed by atoms with E-state index in [1.54, 1.807) is 18.3 Å². The number of aromatic nitrogens is 1. The van der Waals surface area contributed by atoms with Gasteiger partial charge in [0, 0.05) is 11.4 Å². The molecular formula is C19H16FN3O. The summed E-state index contributed by atoms with van der Waals surface area (Å²) in [7, 11) is 0. The lowest BCUT2D eigenvalue weighted by Crippen LogP contribution is -2.13. The zero-order valence-corrected chi connectivity index (χ0v) is 13.1. The first-order valence-corrected chi connectivity index (χ1v) is 7.47. The Hall–Kier alpha value is -3.21. The van der Waals surface area contributed by atoms with E-state index in [2.05, 4.69) is 15.6 Å². The number of hydrogen-bond acceptors (Lipinski definition) is 3. The standard InChI is InChI=1S/C19H16FN3O/c1-13-2-6-15(7-3-13)22-17-10-11-18(21-12-17)19(24)23-16-8-4-14(20)5-9-16/h2-12,22H,1H3,(H,23,24). The number of rotatable bonds is 4. The van der Waals surface area contributed by atoms with E-state index in [9.17, 15) is 9.18 Å². The molecule has 0 unspecified atom stereocenters. The van der Waals surface area contributed by atoms with Gasteiger partial charge in [0.15, 0.2) is 0 Å². The summed E-state index contributed by atoms with van der Waals surface area (Å²) in [6.45, 7) is 2.03. The fraction of sp³-hybridized carbons (Fsp3) is 0.0526. The highest BCUT2D eigenvalue weighted by molar-refractivity contribution is 6.02. The molecule has 0 aliphatic carbocycles. The molecule has 1 amide bonds. The highest BCUT2D eigenvalue weighted by Crippen LogP contribution is 2.17. The minimum atomic E-state index is -0.349. The van der Waals surface area contributed by atoms with Crippen LogP contribution in [0.3, 0.4) is 0 Å². The Labute approximate surface area is 139 Å². The van der Waals surface area contributed by atoms with Crippen LogP contribution in [0.4, 0.5) is 21.5 Å². The Balaban J connectivity index is 1.66. The third-order valence-corrected chi connectivity index (χ3v) is 3.44. The lowest BCUT2D eigenvalue weighted by atomic mass is 10.2. The monoisotopic (exact) mass is 321 g/mol. The Morgan fingerprint density at radius 2 is 1.50 bits per heavy atom. The van der Waals surface area contributed by atoms with E-state index in [1.807, 2.05) is 31.2 Å². The minimum absolute atomic E-state index is 0.286. The number of carbonyl (C=O) groups is 1. The largest absolute Gasteiger partial charge is 0.354 e. The fourth-order valence-electron chi connectivity index (χ4n) is 2.13. The maximum atomic E-state index is 12.9. The van der Waals surface area contributed by atoms with Crippen molar-refractivity contribution in [2.45, 2.75) is 6.92 Å². The molecule has 4 nitrogen and oxygen atoms in total. The Bertz CT molecular complexity index is 828. The second kappa shape index (κ2) is 6.91. The summed E-state index contributed by atoms with van der Waals surface area (Å²) in [5.41, 5.74) is 3.73. The average Bonchev–Trinajstić information content (AvgIpc) is 2.59. The van der Waals surface area contributed by atoms with Crippen molar-refractivity contribution < 1.29 is 9.18 Å². The van der Waals surface area contributed by atoms with Crippen molar-refractivity contribution in [3.05, 3.63) is 83.9 Å². The Morgan fingerprint density at radius 1 is 0.875 bits per heavy atom. The molecular weight excluding hydrogens is 305 g/mol. The molecule has 0 radical (unpaired) electrons.